The molecule has 0 saturated carbocycles. The Balaban J connectivity index is 1.46. The number of carbonyl (C=O) groups is 2. The molecule has 0 spiro atoms. The zero-order valence-electron chi connectivity index (χ0n) is 17.1. The largest absolute Gasteiger partial charge is 0.333 e. The minimum atomic E-state index is 0.0477. The Bertz CT molecular complexity index is 878. The number of para-hydroxylation sites is 1. The van der Waals surface area contributed by atoms with Crippen LogP contribution < -0.4 is 10.2 Å². The number of rotatable bonds is 5. The number of hydrogen-bond acceptors (Lipinski definition) is 3. The Morgan fingerprint density at radius 2 is 1.90 bits per heavy atom. The molecular weight excluding hydrogens is 362 g/mol. The van der Waals surface area contributed by atoms with Crippen LogP contribution in [0.25, 0.3) is 0 Å². The van der Waals surface area contributed by atoms with E-state index in [-0.39, 0.29) is 17.9 Å². The summed E-state index contributed by atoms with van der Waals surface area (Å²) in [5.41, 5.74) is 4.62. The fourth-order valence-electron chi connectivity index (χ4n) is 4.37. The Morgan fingerprint density at radius 3 is 2.69 bits per heavy atom. The maximum absolute atomic E-state index is 13.1. The maximum Gasteiger partial charge on any atom is 0.227 e. The number of aryl methyl sites for hydroxylation is 2. The molecule has 1 unspecified atom stereocenters. The molecule has 5 heteroatoms. The van der Waals surface area contributed by atoms with Gasteiger partial charge >= 0.3 is 0 Å². The summed E-state index contributed by atoms with van der Waals surface area (Å²) in [5.74, 6) is 0.232. The molecule has 152 valence electrons. The van der Waals surface area contributed by atoms with Crippen molar-refractivity contribution in [2.75, 3.05) is 31.1 Å². The van der Waals surface area contributed by atoms with Crippen LogP contribution in [0.1, 0.15) is 42.5 Å². The predicted molar refractivity (Wildman–Crippen MR) is 115 cm³/mol. The summed E-state index contributed by atoms with van der Waals surface area (Å²) in [6, 6.07) is 16.6. The summed E-state index contributed by atoms with van der Waals surface area (Å²) >= 11 is 0. The Morgan fingerprint density at radius 1 is 1.10 bits per heavy atom. The monoisotopic (exact) mass is 391 g/mol. The molecule has 0 bridgehead atoms. The van der Waals surface area contributed by atoms with E-state index in [9.17, 15) is 9.59 Å². The van der Waals surface area contributed by atoms with Crippen LogP contribution in [0.5, 0.6) is 0 Å². The summed E-state index contributed by atoms with van der Waals surface area (Å²) in [6.45, 7) is 4.86. The highest BCUT2D eigenvalue weighted by Crippen LogP contribution is 2.28. The van der Waals surface area contributed by atoms with Crippen molar-refractivity contribution in [2.24, 2.45) is 0 Å². The second kappa shape index (κ2) is 8.78. The van der Waals surface area contributed by atoms with Gasteiger partial charge < -0.3 is 15.1 Å². The predicted octanol–water partition coefficient (Wildman–Crippen LogP) is 3.09. The van der Waals surface area contributed by atoms with Crippen LogP contribution in [0, 0.1) is 0 Å². The van der Waals surface area contributed by atoms with Crippen LogP contribution in [0.15, 0.2) is 48.5 Å². The molecule has 0 aliphatic carbocycles. The number of amides is 2. The van der Waals surface area contributed by atoms with Crippen LogP contribution in [-0.4, -0.2) is 42.9 Å². The highest BCUT2D eigenvalue weighted by Gasteiger charge is 2.29. The Hall–Kier alpha value is -2.66. The van der Waals surface area contributed by atoms with Crippen LogP contribution in [-0.2, 0) is 22.4 Å². The number of hydrogen-bond donors (Lipinski definition) is 1. The molecule has 1 N–H and O–H groups in total. The van der Waals surface area contributed by atoms with E-state index in [1.807, 2.05) is 23.1 Å². The summed E-state index contributed by atoms with van der Waals surface area (Å²) in [4.78, 5) is 29.4. The van der Waals surface area contributed by atoms with Crippen molar-refractivity contribution in [1.82, 2.24) is 10.2 Å². The van der Waals surface area contributed by atoms with Gasteiger partial charge in [0.1, 0.15) is 0 Å². The minimum absolute atomic E-state index is 0.0477. The lowest BCUT2D eigenvalue weighted by Crippen LogP contribution is -2.49. The Kier molecular flexibility index (Phi) is 5.95. The van der Waals surface area contributed by atoms with Crippen molar-refractivity contribution < 1.29 is 9.59 Å². The fraction of sp³-hybridized carbons (Fsp3) is 0.417. The third kappa shape index (κ3) is 4.20. The van der Waals surface area contributed by atoms with E-state index in [1.165, 1.54) is 16.7 Å². The number of nitrogens with zero attached hydrogens (tertiary/aromatic N) is 2. The smallest absolute Gasteiger partial charge is 0.227 e. The quantitative estimate of drug-likeness (QED) is 0.852. The lowest BCUT2D eigenvalue weighted by atomic mass is 10.00. The van der Waals surface area contributed by atoms with Gasteiger partial charge in [-0.1, -0.05) is 49.4 Å². The zero-order chi connectivity index (χ0) is 20.2. The first-order valence-corrected chi connectivity index (χ1v) is 10.6. The third-order valence-electron chi connectivity index (χ3n) is 6.08. The van der Waals surface area contributed by atoms with Gasteiger partial charge in [-0.25, -0.2) is 0 Å². The molecule has 2 aromatic carbocycles. The van der Waals surface area contributed by atoms with E-state index in [0.29, 0.717) is 25.9 Å². The molecule has 1 fully saturated rings. The van der Waals surface area contributed by atoms with E-state index >= 15 is 0 Å². The van der Waals surface area contributed by atoms with Crippen LogP contribution in [0.2, 0.25) is 0 Å². The number of piperazine rings is 1. The van der Waals surface area contributed by atoms with Gasteiger partial charge in [0.2, 0.25) is 11.8 Å². The van der Waals surface area contributed by atoms with Gasteiger partial charge in [0.25, 0.3) is 0 Å². The first-order chi connectivity index (χ1) is 14.2. The lowest BCUT2D eigenvalue weighted by molar-refractivity contribution is -0.134. The summed E-state index contributed by atoms with van der Waals surface area (Å²) in [6.07, 6.45) is 2.67. The number of benzene rings is 2. The number of fused-ring (bicyclic) bond motifs is 1. The molecule has 2 amide bonds. The average Bonchev–Trinajstić information content (AvgIpc) is 2.78. The van der Waals surface area contributed by atoms with Gasteiger partial charge in [-0.3, -0.25) is 9.59 Å². The van der Waals surface area contributed by atoms with Crippen molar-refractivity contribution >= 4 is 17.5 Å². The van der Waals surface area contributed by atoms with Crippen molar-refractivity contribution in [3.63, 3.8) is 0 Å². The Labute approximate surface area is 172 Å². The molecule has 0 aromatic heterocycles. The second-order valence-electron chi connectivity index (χ2n) is 7.83. The fourth-order valence-corrected chi connectivity index (χ4v) is 4.37. The highest BCUT2D eigenvalue weighted by molar-refractivity contribution is 5.97. The number of anilines is 1. The van der Waals surface area contributed by atoms with Gasteiger partial charge in [0.05, 0.1) is 6.04 Å². The van der Waals surface area contributed by atoms with Crippen LogP contribution in [0.4, 0.5) is 5.69 Å². The molecule has 2 aromatic rings. The van der Waals surface area contributed by atoms with Crippen molar-refractivity contribution in [3.8, 4) is 0 Å². The molecule has 5 nitrogen and oxygen atoms in total. The van der Waals surface area contributed by atoms with Crippen molar-refractivity contribution in [2.45, 2.75) is 38.6 Å². The van der Waals surface area contributed by atoms with E-state index in [0.717, 1.165) is 31.6 Å². The molecule has 1 saturated heterocycles. The lowest BCUT2D eigenvalue weighted by Gasteiger charge is -2.37. The molecule has 0 radical (unpaired) electrons. The first-order valence-electron chi connectivity index (χ1n) is 10.6. The third-order valence-corrected chi connectivity index (χ3v) is 6.08. The van der Waals surface area contributed by atoms with E-state index < -0.39 is 0 Å². The molecule has 4 rings (SSSR count). The maximum atomic E-state index is 13.1. The normalized spacial score (nSPS) is 19.2. The van der Waals surface area contributed by atoms with Crippen molar-refractivity contribution in [3.05, 3.63) is 65.2 Å². The minimum Gasteiger partial charge on any atom is -0.333 e. The van der Waals surface area contributed by atoms with Gasteiger partial charge in [-0.15, -0.1) is 0 Å². The van der Waals surface area contributed by atoms with Gasteiger partial charge in [-0.05, 0) is 35.6 Å². The summed E-state index contributed by atoms with van der Waals surface area (Å²) in [7, 11) is 0. The summed E-state index contributed by atoms with van der Waals surface area (Å²) in [5, 5.41) is 3.41. The van der Waals surface area contributed by atoms with E-state index in [4.69, 9.17) is 0 Å². The topological polar surface area (TPSA) is 52.7 Å². The van der Waals surface area contributed by atoms with Crippen molar-refractivity contribution in [1.29, 1.82) is 0 Å². The molecule has 2 heterocycles. The van der Waals surface area contributed by atoms with E-state index in [1.54, 1.807) is 4.90 Å². The number of nitrogens with one attached hydrogen (secondary N) is 1. The van der Waals surface area contributed by atoms with Gasteiger partial charge in [0.15, 0.2) is 0 Å². The average molecular weight is 392 g/mol. The second-order valence-corrected chi connectivity index (χ2v) is 7.83. The molecule has 2 aliphatic rings. The highest BCUT2D eigenvalue weighted by atomic mass is 16.2. The van der Waals surface area contributed by atoms with Crippen LogP contribution >= 0.6 is 0 Å². The van der Waals surface area contributed by atoms with Gasteiger partial charge in [-0.2, -0.15) is 0 Å². The molecule has 2 aliphatic heterocycles. The SMILES string of the molecule is CCc1ccc(C2CNCCN2C(=O)CCN2C(=O)CCc3ccccc32)cc1. The van der Waals surface area contributed by atoms with E-state index in [2.05, 4.69) is 42.6 Å². The molecular formula is C24H29N3O2. The number of carbonyl (C=O) groups excluding carboxylic acids is 2. The molecule has 1 atom stereocenters. The standard InChI is InChI=1S/C24H29N3O2/c1-2-18-7-9-20(10-8-18)22-17-25-14-16-27(22)24(29)13-15-26-21-6-4-3-5-19(21)11-12-23(26)28/h3-10,22,25H,2,11-17H2,1H3. The first kappa shape index (κ1) is 19.6. The van der Waals surface area contributed by atoms with Gasteiger partial charge in [0, 0.05) is 44.7 Å². The summed E-state index contributed by atoms with van der Waals surface area (Å²) < 4.78 is 0. The van der Waals surface area contributed by atoms with Crippen LogP contribution in [0.3, 0.4) is 0 Å². The zero-order valence-corrected chi connectivity index (χ0v) is 17.1. The molecule has 29 heavy (non-hydrogen) atoms.